The number of amides is 1. The molecule has 0 aliphatic carbocycles. The standard InChI is InChI=1S/C21H23ClF3N3O4/c22-15-5-3-14(4-6-15)16-8-19(31)28(17(27-16)2-1-7-21(23,24)25)9-18(30)26-10-20(11-29)12-32-13-20/h3-6,8,29H,1-2,7,9-13H2,(H,26,30). The maximum absolute atomic E-state index is 12.8. The molecule has 7 nitrogen and oxygen atoms in total. The Morgan fingerprint density at radius 1 is 1.28 bits per heavy atom. The summed E-state index contributed by atoms with van der Waals surface area (Å²) in [6.45, 7) is 0.230. The molecule has 1 aliphatic heterocycles. The smallest absolute Gasteiger partial charge is 0.389 e. The number of halogens is 4. The van der Waals surface area contributed by atoms with Crippen LogP contribution in [0.25, 0.3) is 11.3 Å². The zero-order valence-electron chi connectivity index (χ0n) is 17.1. The summed E-state index contributed by atoms with van der Waals surface area (Å²) in [4.78, 5) is 29.6. The van der Waals surface area contributed by atoms with E-state index in [0.29, 0.717) is 23.8 Å². The second kappa shape index (κ2) is 10.0. The highest BCUT2D eigenvalue weighted by Crippen LogP contribution is 2.26. The average molecular weight is 474 g/mol. The van der Waals surface area contributed by atoms with Crippen LogP contribution in [-0.4, -0.2) is 53.1 Å². The fourth-order valence-electron chi connectivity index (χ4n) is 3.25. The molecule has 1 aliphatic rings. The van der Waals surface area contributed by atoms with E-state index in [9.17, 15) is 27.9 Å². The number of nitrogens with zero attached hydrogens (tertiary/aromatic N) is 2. The van der Waals surface area contributed by atoms with Crippen molar-refractivity contribution in [2.45, 2.75) is 32.0 Å². The van der Waals surface area contributed by atoms with Crippen molar-refractivity contribution in [1.82, 2.24) is 14.9 Å². The van der Waals surface area contributed by atoms with Crippen LogP contribution in [-0.2, 0) is 22.5 Å². The SMILES string of the molecule is O=C(Cn1c(CCCC(F)(F)F)nc(-c2ccc(Cl)cc2)cc1=O)NCC1(CO)COC1. The Bertz CT molecular complexity index is 999. The lowest BCUT2D eigenvalue weighted by Gasteiger charge is -2.39. The van der Waals surface area contributed by atoms with Crippen LogP contribution in [0.2, 0.25) is 5.02 Å². The first-order valence-electron chi connectivity index (χ1n) is 10.00. The maximum atomic E-state index is 12.8. The van der Waals surface area contributed by atoms with Gasteiger partial charge in [-0.2, -0.15) is 13.2 Å². The minimum Gasteiger partial charge on any atom is -0.396 e. The Kier molecular flexibility index (Phi) is 7.58. The molecule has 0 atom stereocenters. The fourth-order valence-corrected chi connectivity index (χ4v) is 3.38. The molecule has 11 heteroatoms. The van der Waals surface area contributed by atoms with Gasteiger partial charge in [-0.3, -0.25) is 14.2 Å². The predicted molar refractivity (Wildman–Crippen MR) is 111 cm³/mol. The minimum absolute atomic E-state index is 0.0886. The van der Waals surface area contributed by atoms with Gasteiger partial charge in [-0.15, -0.1) is 0 Å². The van der Waals surface area contributed by atoms with Crippen molar-refractivity contribution >= 4 is 17.5 Å². The number of carbonyl (C=O) groups excluding carboxylic acids is 1. The molecular weight excluding hydrogens is 451 g/mol. The Morgan fingerprint density at radius 2 is 1.97 bits per heavy atom. The number of hydrogen-bond acceptors (Lipinski definition) is 5. The normalized spacial score (nSPS) is 15.3. The first-order valence-corrected chi connectivity index (χ1v) is 10.4. The number of aryl methyl sites for hydroxylation is 1. The van der Waals surface area contributed by atoms with E-state index in [1.54, 1.807) is 24.3 Å². The molecule has 1 aromatic carbocycles. The predicted octanol–water partition coefficient (Wildman–Crippen LogP) is 2.57. The summed E-state index contributed by atoms with van der Waals surface area (Å²) in [5.41, 5.74) is -0.232. The van der Waals surface area contributed by atoms with Crippen LogP contribution in [0.5, 0.6) is 0 Å². The number of nitrogens with one attached hydrogen (secondary N) is 1. The Hall–Kier alpha value is -2.43. The number of ether oxygens (including phenoxy) is 1. The lowest BCUT2D eigenvalue weighted by Crippen LogP contribution is -2.53. The molecule has 3 rings (SSSR count). The Labute approximate surface area is 187 Å². The number of carbonyl (C=O) groups is 1. The number of alkyl halides is 3. The number of aliphatic hydroxyl groups is 1. The van der Waals surface area contributed by atoms with Crippen LogP contribution in [0.1, 0.15) is 18.7 Å². The molecule has 2 aromatic rings. The van der Waals surface area contributed by atoms with Gasteiger partial charge in [-0.25, -0.2) is 4.98 Å². The van der Waals surface area contributed by atoms with Gasteiger partial charge in [0.1, 0.15) is 12.4 Å². The maximum Gasteiger partial charge on any atom is 0.389 e. The molecule has 2 heterocycles. The van der Waals surface area contributed by atoms with E-state index in [-0.39, 0.29) is 37.5 Å². The number of aliphatic hydroxyl groups excluding tert-OH is 1. The Balaban J connectivity index is 1.81. The summed E-state index contributed by atoms with van der Waals surface area (Å²) in [6, 6.07) is 7.76. The highest BCUT2D eigenvalue weighted by molar-refractivity contribution is 6.30. The summed E-state index contributed by atoms with van der Waals surface area (Å²) in [6.07, 6.45) is -5.76. The van der Waals surface area contributed by atoms with Gasteiger partial charge >= 0.3 is 6.18 Å². The molecule has 0 bridgehead atoms. The molecule has 174 valence electrons. The van der Waals surface area contributed by atoms with E-state index >= 15 is 0 Å². The second-order valence-electron chi connectivity index (χ2n) is 7.89. The van der Waals surface area contributed by atoms with Gasteiger partial charge in [-0.1, -0.05) is 23.7 Å². The van der Waals surface area contributed by atoms with E-state index in [1.165, 1.54) is 6.07 Å². The van der Waals surface area contributed by atoms with Crippen LogP contribution in [0.15, 0.2) is 35.1 Å². The van der Waals surface area contributed by atoms with Crippen LogP contribution < -0.4 is 10.9 Å². The Morgan fingerprint density at radius 3 is 2.53 bits per heavy atom. The molecule has 32 heavy (non-hydrogen) atoms. The van der Waals surface area contributed by atoms with Crippen LogP contribution in [0.3, 0.4) is 0 Å². The van der Waals surface area contributed by atoms with Gasteiger partial charge in [0.05, 0.1) is 30.9 Å². The molecule has 1 fully saturated rings. The third-order valence-electron chi connectivity index (χ3n) is 5.20. The van der Waals surface area contributed by atoms with Crippen LogP contribution in [0, 0.1) is 5.41 Å². The highest BCUT2D eigenvalue weighted by atomic mass is 35.5. The zero-order valence-corrected chi connectivity index (χ0v) is 17.9. The van der Waals surface area contributed by atoms with Crippen molar-refractivity contribution in [3.05, 3.63) is 51.5 Å². The van der Waals surface area contributed by atoms with Gasteiger partial charge in [0.25, 0.3) is 5.56 Å². The average Bonchev–Trinajstić information content (AvgIpc) is 2.69. The summed E-state index contributed by atoms with van der Waals surface area (Å²) in [7, 11) is 0. The van der Waals surface area contributed by atoms with Crippen molar-refractivity contribution < 1.29 is 27.8 Å². The van der Waals surface area contributed by atoms with Crippen molar-refractivity contribution in [1.29, 1.82) is 0 Å². The van der Waals surface area contributed by atoms with Crippen molar-refractivity contribution in [3.8, 4) is 11.3 Å². The number of benzene rings is 1. The van der Waals surface area contributed by atoms with Gasteiger partial charge in [0.15, 0.2) is 0 Å². The first kappa shape index (κ1) is 24.2. The summed E-state index contributed by atoms with van der Waals surface area (Å²) in [5, 5.41) is 12.6. The van der Waals surface area contributed by atoms with Gasteiger partial charge < -0.3 is 15.2 Å². The quantitative estimate of drug-likeness (QED) is 0.584. The van der Waals surface area contributed by atoms with E-state index < -0.39 is 36.0 Å². The van der Waals surface area contributed by atoms with Gasteiger partial charge in [0.2, 0.25) is 5.91 Å². The van der Waals surface area contributed by atoms with Crippen molar-refractivity contribution in [2.24, 2.45) is 5.41 Å². The zero-order chi connectivity index (χ0) is 23.4. The van der Waals surface area contributed by atoms with E-state index in [0.717, 1.165) is 4.57 Å². The van der Waals surface area contributed by atoms with Crippen molar-refractivity contribution in [3.63, 3.8) is 0 Å². The summed E-state index contributed by atoms with van der Waals surface area (Å²) >= 11 is 5.88. The highest BCUT2D eigenvalue weighted by Gasteiger charge is 2.38. The third kappa shape index (κ3) is 6.30. The van der Waals surface area contributed by atoms with Gasteiger partial charge in [0, 0.05) is 36.0 Å². The molecule has 1 amide bonds. The van der Waals surface area contributed by atoms with Crippen LogP contribution >= 0.6 is 11.6 Å². The fraction of sp³-hybridized carbons (Fsp3) is 0.476. The molecule has 1 saturated heterocycles. The molecule has 0 saturated carbocycles. The largest absolute Gasteiger partial charge is 0.396 e. The molecule has 0 spiro atoms. The molecular formula is C21H23ClF3N3O4. The lowest BCUT2D eigenvalue weighted by molar-refractivity contribution is -0.141. The van der Waals surface area contributed by atoms with Crippen molar-refractivity contribution in [2.75, 3.05) is 26.4 Å². The molecule has 0 radical (unpaired) electrons. The second-order valence-corrected chi connectivity index (χ2v) is 8.32. The topological polar surface area (TPSA) is 93.5 Å². The lowest BCUT2D eigenvalue weighted by atomic mass is 9.87. The van der Waals surface area contributed by atoms with Gasteiger partial charge in [-0.05, 0) is 18.6 Å². The first-order chi connectivity index (χ1) is 15.1. The van der Waals surface area contributed by atoms with E-state index in [1.807, 2.05) is 0 Å². The monoisotopic (exact) mass is 473 g/mol. The minimum atomic E-state index is -4.33. The van der Waals surface area contributed by atoms with Crippen LogP contribution in [0.4, 0.5) is 13.2 Å². The third-order valence-corrected chi connectivity index (χ3v) is 5.45. The van der Waals surface area contributed by atoms with E-state index in [4.69, 9.17) is 16.3 Å². The number of hydrogen-bond donors (Lipinski definition) is 2. The number of rotatable bonds is 9. The summed E-state index contributed by atoms with van der Waals surface area (Å²) in [5.74, 6) is -0.421. The van der Waals surface area contributed by atoms with E-state index in [2.05, 4.69) is 10.3 Å². The molecule has 1 aromatic heterocycles. The molecule has 0 unspecified atom stereocenters. The summed E-state index contributed by atoms with van der Waals surface area (Å²) < 4.78 is 44.0. The number of aromatic nitrogens is 2. The molecule has 2 N–H and O–H groups in total.